The van der Waals surface area contributed by atoms with E-state index in [9.17, 15) is 40.2 Å². The van der Waals surface area contributed by atoms with E-state index >= 15 is 0 Å². The van der Waals surface area contributed by atoms with Crippen LogP contribution in [-0.4, -0.2) is 97.4 Å². The Morgan fingerprint density at radius 2 is 1.66 bits per heavy atom. The Morgan fingerprint density at radius 3 is 2.32 bits per heavy atom. The van der Waals surface area contributed by atoms with Crippen LogP contribution >= 0.6 is 0 Å². The van der Waals surface area contributed by atoms with Gasteiger partial charge in [0.1, 0.15) is 23.4 Å². The second kappa shape index (κ2) is 9.01. The molecule has 11 nitrogen and oxygen atoms in total. The summed E-state index contributed by atoms with van der Waals surface area (Å²) in [5, 5.41) is 64.7. The first-order valence-corrected chi connectivity index (χ1v) is 12.3. The molecule has 0 bridgehead atoms. The molecule has 11 heteroatoms. The summed E-state index contributed by atoms with van der Waals surface area (Å²) >= 11 is 0. The van der Waals surface area contributed by atoms with Crippen molar-refractivity contribution in [3.05, 3.63) is 51.6 Å². The average molecular weight is 530 g/mol. The van der Waals surface area contributed by atoms with Crippen LogP contribution in [0.5, 0.6) is 17.2 Å². The number of hydrogen-bond acceptors (Lipinski definition) is 11. The summed E-state index contributed by atoms with van der Waals surface area (Å²) in [7, 11) is 3.36. The van der Waals surface area contributed by atoms with Crippen LogP contribution in [0.1, 0.15) is 69.3 Å². The zero-order valence-electron chi connectivity index (χ0n) is 21.4. The molecule has 0 radical (unpaired) electrons. The molecule has 6 N–H and O–H groups in total. The van der Waals surface area contributed by atoms with Gasteiger partial charge in [0, 0.05) is 29.5 Å². The summed E-state index contributed by atoms with van der Waals surface area (Å²) in [6, 6.07) is 3.50. The summed E-state index contributed by atoms with van der Waals surface area (Å²) < 4.78 is 11.6. The molecule has 0 saturated carbocycles. The Balaban J connectivity index is 1.61. The van der Waals surface area contributed by atoms with Crippen LogP contribution in [0.25, 0.3) is 0 Å². The molecule has 1 saturated heterocycles. The third-order valence-electron chi connectivity index (χ3n) is 7.71. The number of carbonyl (C=O) groups is 2. The van der Waals surface area contributed by atoms with Gasteiger partial charge in [-0.1, -0.05) is 12.1 Å². The number of carbonyl (C=O) groups excluding carboxylic acids is 2. The molecule has 2 aromatic rings. The van der Waals surface area contributed by atoms with Gasteiger partial charge in [-0.2, -0.15) is 0 Å². The lowest BCUT2D eigenvalue weighted by Gasteiger charge is -2.44. The van der Waals surface area contributed by atoms with E-state index in [2.05, 4.69) is 0 Å². The lowest BCUT2D eigenvalue weighted by molar-refractivity contribution is -0.252. The van der Waals surface area contributed by atoms with Crippen LogP contribution in [0.4, 0.5) is 0 Å². The molecule has 7 atom stereocenters. The SMILES string of the molecule is C[C@@H]1O[C@@H](Oc2cccc3c2C(=O)c2c(O)c4c(c(O)c2C3=O)C[C@](C)(O)C[C@@H]4O)[C@@H](O)[C@H](N(C)C)[C@@H]1O. The Kier molecular flexibility index (Phi) is 6.29. The fraction of sp³-hybridized carbons (Fsp3) is 0.481. The van der Waals surface area contributed by atoms with E-state index in [4.69, 9.17) is 9.47 Å². The molecule has 2 aromatic carbocycles. The molecule has 1 aliphatic heterocycles. The number of aliphatic hydroxyl groups is 4. The first-order chi connectivity index (χ1) is 17.7. The highest BCUT2D eigenvalue weighted by Crippen LogP contribution is 2.50. The van der Waals surface area contributed by atoms with Crippen LogP contribution < -0.4 is 4.74 Å². The van der Waals surface area contributed by atoms with E-state index in [1.165, 1.54) is 25.1 Å². The minimum absolute atomic E-state index is 0.00278. The van der Waals surface area contributed by atoms with Crippen molar-refractivity contribution in [2.45, 2.75) is 69.0 Å². The number of nitrogens with zero attached hydrogens (tertiary/aromatic N) is 1. The van der Waals surface area contributed by atoms with Gasteiger partial charge in [0.15, 0.2) is 5.78 Å². The summed E-state index contributed by atoms with van der Waals surface area (Å²) in [5.74, 6) is -2.90. The monoisotopic (exact) mass is 529 g/mol. The minimum Gasteiger partial charge on any atom is -0.507 e. The number of aromatic hydroxyl groups is 2. The molecule has 0 spiro atoms. The van der Waals surface area contributed by atoms with Gasteiger partial charge in [-0.15, -0.1) is 0 Å². The largest absolute Gasteiger partial charge is 0.507 e. The molecular formula is C27H31NO10. The van der Waals surface area contributed by atoms with Gasteiger partial charge in [0.05, 0.1) is 46.6 Å². The molecular weight excluding hydrogens is 498 g/mol. The maximum atomic E-state index is 13.8. The number of benzene rings is 2. The number of phenols is 2. The van der Waals surface area contributed by atoms with E-state index in [0.29, 0.717) is 0 Å². The van der Waals surface area contributed by atoms with Gasteiger partial charge >= 0.3 is 0 Å². The normalized spacial score (nSPS) is 32.6. The van der Waals surface area contributed by atoms with Crippen molar-refractivity contribution in [2.24, 2.45) is 0 Å². The van der Waals surface area contributed by atoms with E-state index in [0.717, 1.165) is 0 Å². The van der Waals surface area contributed by atoms with Crippen LogP contribution in [0.2, 0.25) is 0 Å². The van der Waals surface area contributed by atoms with Gasteiger partial charge < -0.3 is 45.0 Å². The van der Waals surface area contributed by atoms with Crippen molar-refractivity contribution in [1.29, 1.82) is 0 Å². The lowest BCUT2D eigenvalue weighted by Crippen LogP contribution is -2.63. The van der Waals surface area contributed by atoms with Crippen molar-refractivity contribution >= 4 is 11.6 Å². The Hall–Kier alpha value is -3.06. The highest BCUT2D eigenvalue weighted by atomic mass is 16.7. The number of ketones is 2. The number of hydrogen-bond donors (Lipinski definition) is 6. The first kappa shape index (κ1) is 26.5. The number of likely N-dealkylation sites (N-methyl/N-ethyl adjacent to an activating group) is 1. The molecule has 0 unspecified atom stereocenters. The molecule has 3 aliphatic rings. The highest BCUT2D eigenvalue weighted by molar-refractivity contribution is 6.31. The maximum Gasteiger partial charge on any atom is 0.228 e. The van der Waals surface area contributed by atoms with Crippen molar-refractivity contribution in [3.63, 3.8) is 0 Å². The molecule has 5 rings (SSSR count). The van der Waals surface area contributed by atoms with Gasteiger partial charge in [0.2, 0.25) is 12.1 Å². The highest BCUT2D eigenvalue weighted by Gasteiger charge is 2.47. The topological polar surface area (TPSA) is 177 Å². The Bertz CT molecular complexity index is 1340. The summed E-state index contributed by atoms with van der Waals surface area (Å²) in [6.45, 7) is 3.07. The fourth-order valence-corrected chi connectivity index (χ4v) is 5.90. The molecule has 1 heterocycles. The fourth-order valence-electron chi connectivity index (χ4n) is 5.90. The molecule has 2 aliphatic carbocycles. The van der Waals surface area contributed by atoms with Crippen molar-refractivity contribution < 1.29 is 49.7 Å². The number of rotatable bonds is 3. The van der Waals surface area contributed by atoms with E-state index < -0.39 is 76.5 Å². The van der Waals surface area contributed by atoms with E-state index in [1.54, 1.807) is 25.9 Å². The number of ether oxygens (including phenoxy) is 2. The molecule has 204 valence electrons. The summed E-state index contributed by atoms with van der Waals surface area (Å²) in [5.41, 5.74) is -2.70. The van der Waals surface area contributed by atoms with Gasteiger partial charge in [0.25, 0.3) is 0 Å². The van der Waals surface area contributed by atoms with Gasteiger partial charge in [-0.3, -0.25) is 9.59 Å². The Morgan fingerprint density at radius 1 is 1.00 bits per heavy atom. The lowest BCUT2D eigenvalue weighted by atomic mass is 9.73. The third-order valence-corrected chi connectivity index (χ3v) is 7.71. The number of fused-ring (bicyclic) bond motifs is 3. The molecule has 0 aromatic heterocycles. The third kappa shape index (κ3) is 3.89. The standard InChI is InChI=1S/C27H31NO10/c1-10-20(30)19(28(3)4)25(35)26(37-10)38-14-7-5-6-11-16(14)24(34)18-17(21(11)31)22(32)12-8-27(2,36)9-13(29)15(12)23(18)33/h5-7,10,13,19-20,25-26,29-30,32-33,35-36H,8-9H2,1-4H3/t10-,13-,19+,20+,25-,26-,27-/m0/s1. The maximum absolute atomic E-state index is 13.8. The summed E-state index contributed by atoms with van der Waals surface area (Å²) in [6.07, 6.45) is -6.03. The second-order valence-corrected chi connectivity index (χ2v) is 10.8. The van der Waals surface area contributed by atoms with E-state index in [-0.39, 0.29) is 40.8 Å². The van der Waals surface area contributed by atoms with Crippen molar-refractivity contribution in [3.8, 4) is 17.2 Å². The van der Waals surface area contributed by atoms with Crippen LogP contribution in [-0.2, 0) is 11.2 Å². The van der Waals surface area contributed by atoms with Crippen LogP contribution in [0, 0.1) is 0 Å². The molecule has 38 heavy (non-hydrogen) atoms. The second-order valence-electron chi connectivity index (χ2n) is 10.8. The zero-order chi connectivity index (χ0) is 27.8. The minimum atomic E-state index is -1.40. The van der Waals surface area contributed by atoms with Gasteiger partial charge in [-0.05, 0) is 34.0 Å². The number of phenolic OH excluding ortho intramolecular Hbond substituents is 2. The predicted molar refractivity (Wildman–Crippen MR) is 131 cm³/mol. The quantitative estimate of drug-likeness (QED) is 0.259. The average Bonchev–Trinajstić information content (AvgIpc) is 2.82. The number of aliphatic hydroxyl groups excluding tert-OH is 3. The van der Waals surface area contributed by atoms with Crippen LogP contribution in [0.3, 0.4) is 0 Å². The first-order valence-electron chi connectivity index (χ1n) is 12.3. The predicted octanol–water partition coefficient (Wildman–Crippen LogP) is 0.379. The zero-order valence-corrected chi connectivity index (χ0v) is 21.4. The van der Waals surface area contributed by atoms with Gasteiger partial charge in [-0.25, -0.2) is 0 Å². The summed E-state index contributed by atoms with van der Waals surface area (Å²) in [4.78, 5) is 29.0. The van der Waals surface area contributed by atoms with Crippen molar-refractivity contribution in [2.75, 3.05) is 14.1 Å². The smallest absolute Gasteiger partial charge is 0.228 e. The molecule has 1 fully saturated rings. The van der Waals surface area contributed by atoms with Crippen LogP contribution in [0.15, 0.2) is 18.2 Å². The van der Waals surface area contributed by atoms with E-state index in [1.807, 2.05) is 0 Å². The Labute approximate surface area is 218 Å². The molecule has 0 amide bonds. The van der Waals surface area contributed by atoms with Crippen molar-refractivity contribution in [1.82, 2.24) is 4.90 Å².